The molecule has 6 nitrogen and oxygen atoms in total. The molecular weight excluding hydrogens is 344 g/mol. The Kier molecular flexibility index (Phi) is 5.96. The van der Waals surface area contributed by atoms with Gasteiger partial charge in [0, 0.05) is 19.9 Å². The van der Waals surface area contributed by atoms with E-state index >= 15 is 0 Å². The van der Waals surface area contributed by atoms with E-state index in [9.17, 15) is 4.79 Å². The Hall–Kier alpha value is -3.02. The van der Waals surface area contributed by atoms with Crippen molar-refractivity contribution in [3.8, 4) is 11.5 Å². The van der Waals surface area contributed by atoms with Crippen LogP contribution in [0.1, 0.15) is 24.5 Å². The first-order valence-electron chi connectivity index (χ1n) is 8.84. The molecule has 0 bridgehead atoms. The van der Waals surface area contributed by atoms with Crippen LogP contribution in [0.15, 0.2) is 53.7 Å². The van der Waals surface area contributed by atoms with Gasteiger partial charge in [-0.1, -0.05) is 17.3 Å². The van der Waals surface area contributed by atoms with Gasteiger partial charge in [0.15, 0.2) is 6.10 Å². The van der Waals surface area contributed by atoms with E-state index < -0.39 is 0 Å². The standard InChI is InChI=1S/C21H24N2O4/c1-15(24)23(13-16-5-4-6-19(11-16)26-3)14-20-12-21(22-27-20)17-7-9-18(25-2)10-8-17/h4-11,20H,12-14H2,1-3H3/t20-/m1/s1. The van der Waals surface area contributed by atoms with E-state index in [0.717, 1.165) is 28.3 Å². The SMILES string of the molecule is COc1ccc(C2=NO[C@@H](CN(Cc3cccc(OC)c3)C(C)=O)C2)cc1. The van der Waals surface area contributed by atoms with Gasteiger partial charge in [0.2, 0.25) is 5.91 Å². The van der Waals surface area contributed by atoms with Gasteiger partial charge in [0.05, 0.1) is 26.5 Å². The molecule has 0 unspecified atom stereocenters. The predicted octanol–water partition coefficient (Wildman–Crippen LogP) is 3.25. The molecule has 1 atom stereocenters. The largest absolute Gasteiger partial charge is 0.497 e. The van der Waals surface area contributed by atoms with E-state index in [1.807, 2.05) is 48.5 Å². The molecule has 0 saturated carbocycles. The minimum absolute atomic E-state index is 0.000632. The summed E-state index contributed by atoms with van der Waals surface area (Å²) in [5.74, 6) is 1.58. The van der Waals surface area contributed by atoms with Crippen LogP contribution in [0, 0.1) is 0 Å². The van der Waals surface area contributed by atoms with Gasteiger partial charge in [-0.3, -0.25) is 4.79 Å². The molecule has 0 fully saturated rings. The molecule has 3 rings (SSSR count). The van der Waals surface area contributed by atoms with Crippen LogP contribution in [0.5, 0.6) is 11.5 Å². The van der Waals surface area contributed by atoms with E-state index in [2.05, 4.69) is 5.16 Å². The van der Waals surface area contributed by atoms with Crippen LogP contribution >= 0.6 is 0 Å². The number of rotatable bonds is 7. The number of hydrogen-bond donors (Lipinski definition) is 0. The Morgan fingerprint density at radius 3 is 2.56 bits per heavy atom. The third-order valence-corrected chi connectivity index (χ3v) is 4.53. The fourth-order valence-corrected chi connectivity index (χ4v) is 3.02. The molecule has 0 aliphatic carbocycles. The zero-order valence-electron chi connectivity index (χ0n) is 15.8. The monoisotopic (exact) mass is 368 g/mol. The molecule has 27 heavy (non-hydrogen) atoms. The molecule has 0 saturated heterocycles. The van der Waals surface area contributed by atoms with Crippen molar-refractivity contribution in [3.05, 3.63) is 59.7 Å². The van der Waals surface area contributed by atoms with Crippen LogP contribution in [-0.4, -0.2) is 43.4 Å². The Bertz CT molecular complexity index is 817. The maximum atomic E-state index is 12.1. The Morgan fingerprint density at radius 1 is 1.15 bits per heavy atom. The molecule has 0 N–H and O–H groups in total. The fourth-order valence-electron chi connectivity index (χ4n) is 3.02. The number of benzene rings is 2. The van der Waals surface area contributed by atoms with Crippen molar-refractivity contribution in [2.75, 3.05) is 20.8 Å². The summed E-state index contributed by atoms with van der Waals surface area (Å²) in [6.45, 7) is 2.56. The molecule has 0 aromatic heterocycles. The molecule has 2 aromatic rings. The summed E-state index contributed by atoms with van der Waals surface area (Å²) in [6.07, 6.45) is 0.505. The minimum atomic E-state index is -0.156. The van der Waals surface area contributed by atoms with Crippen LogP contribution in [0.3, 0.4) is 0 Å². The van der Waals surface area contributed by atoms with Gasteiger partial charge in [0.25, 0.3) is 0 Å². The average Bonchev–Trinajstić information content (AvgIpc) is 3.16. The van der Waals surface area contributed by atoms with Crippen LogP contribution in [0.25, 0.3) is 0 Å². The number of oxime groups is 1. The predicted molar refractivity (Wildman–Crippen MR) is 103 cm³/mol. The second-order valence-electron chi connectivity index (χ2n) is 6.45. The average molecular weight is 368 g/mol. The Morgan fingerprint density at radius 2 is 1.89 bits per heavy atom. The van der Waals surface area contributed by atoms with Gasteiger partial charge < -0.3 is 19.2 Å². The summed E-state index contributed by atoms with van der Waals surface area (Å²) >= 11 is 0. The fraction of sp³-hybridized carbons (Fsp3) is 0.333. The van der Waals surface area contributed by atoms with Crippen molar-refractivity contribution < 1.29 is 19.1 Å². The number of carbonyl (C=O) groups excluding carboxylic acids is 1. The number of carbonyl (C=O) groups is 1. The molecule has 1 heterocycles. The third kappa shape index (κ3) is 4.78. The highest BCUT2D eigenvalue weighted by molar-refractivity contribution is 6.01. The third-order valence-electron chi connectivity index (χ3n) is 4.53. The number of nitrogens with zero attached hydrogens (tertiary/aromatic N) is 2. The number of ether oxygens (including phenoxy) is 2. The van der Waals surface area contributed by atoms with Crippen molar-refractivity contribution in [2.45, 2.75) is 26.0 Å². The number of hydrogen-bond acceptors (Lipinski definition) is 5. The van der Waals surface area contributed by atoms with Crippen LogP contribution in [0.2, 0.25) is 0 Å². The summed E-state index contributed by atoms with van der Waals surface area (Å²) < 4.78 is 10.4. The zero-order valence-corrected chi connectivity index (χ0v) is 15.8. The first-order chi connectivity index (χ1) is 13.1. The number of amides is 1. The smallest absolute Gasteiger partial charge is 0.219 e. The topological polar surface area (TPSA) is 60.4 Å². The van der Waals surface area contributed by atoms with Gasteiger partial charge in [-0.25, -0.2) is 0 Å². The molecule has 2 aromatic carbocycles. The Labute approximate surface area is 159 Å². The lowest BCUT2D eigenvalue weighted by atomic mass is 10.0. The van der Waals surface area contributed by atoms with Gasteiger partial charge in [-0.05, 0) is 47.5 Å². The summed E-state index contributed by atoms with van der Waals surface area (Å²) in [6, 6.07) is 15.4. The summed E-state index contributed by atoms with van der Waals surface area (Å²) in [4.78, 5) is 19.4. The van der Waals surface area contributed by atoms with Crippen LogP contribution in [-0.2, 0) is 16.2 Å². The Balaban J connectivity index is 1.61. The minimum Gasteiger partial charge on any atom is -0.497 e. The lowest BCUT2D eigenvalue weighted by molar-refractivity contribution is -0.131. The van der Waals surface area contributed by atoms with E-state index in [0.29, 0.717) is 19.5 Å². The molecular formula is C21H24N2O4. The van der Waals surface area contributed by atoms with Crippen molar-refractivity contribution in [1.82, 2.24) is 4.90 Å². The number of methoxy groups -OCH3 is 2. The molecule has 0 radical (unpaired) electrons. The van der Waals surface area contributed by atoms with Gasteiger partial charge >= 0.3 is 0 Å². The van der Waals surface area contributed by atoms with E-state index in [-0.39, 0.29) is 12.0 Å². The van der Waals surface area contributed by atoms with Gasteiger partial charge in [-0.15, -0.1) is 0 Å². The molecule has 1 aliphatic heterocycles. The maximum Gasteiger partial charge on any atom is 0.219 e. The lowest BCUT2D eigenvalue weighted by Crippen LogP contribution is -2.35. The van der Waals surface area contributed by atoms with Crippen LogP contribution in [0.4, 0.5) is 0 Å². The van der Waals surface area contributed by atoms with Gasteiger partial charge in [0.1, 0.15) is 11.5 Å². The molecule has 1 aliphatic rings. The van der Waals surface area contributed by atoms with Crippen LogP contribution < -0.4 is 9.47 Å². The lowest BCUT2D eigenvalue weighted by Gasteiger charge is -2.23. The first-order valence-corrected chi connectivity index (χ1v) is 8.84. The molecule has 6 heteroatoms. The summed E-state index contributed by atoms with van der Waals surface area (Å²) in [7, 11) is 3.27. The highest BCUT2D eigenvalue weighted by Crippen LogP contribution is 2.21. The second-order valence-corrected chi connectivity index (χ2v) is 6.45. The van der Waals surface area contributed by atoms with E-state index in [4.69, 9.17) is 14.3 Å². The highest BCUT2D eigenvalue weighted by atomic mass is 16.6. The van der Waals surface area contributed by atoms with Crippen molar-refractivity contribution in [3.63, 3.8) is 0 Å². The normalized spacial score (nSPS) is 15.7. The second kappa shape index (κ2) is 8.58. The first kappa shape index (κ1) is 18.8. The summed E-state index contributed by atoms with van der Waals surface area (Å²) in [5.41, 5.74) is 2.90. The molecule has 142 valence electrons. The van der Waals surface area contributed by atoms with E-state index in [1.54, 1.807) is 26.0 Å². The van der Waals surface area contributed by atoms with E-state index in [1.165, 1.54) is 0 Å². The van der Waals surface area contributed by atoms with Crippen molar-refractivity contribution in [2.24, 2.45) is 5.16 Å². The zero-order chi connectivity index (χ0) is 19.2. The van der Waals surface area contributed by atoms with Crippen molar-refractivity contribution >= 4 is 11.6 Å². The maximum absolute atomic E-state index is 12.1. The van der Waals surface area contributed by atoms with Crippen molar-refractivity contribution in [1.29, 1.82) is 0 Å². The quantitative estimate of drug-likeness (QED) is 0.753. The highest BCUT2D eigenvalue weighted by Gasteiger charge is 2.25. The van der Waals surface area contributed by atoms with Gasteiger partial charge in [-0.2, -0.15) is 0 Å². The summed E-state index contributed by atoms with van der Waals surface area (Å²) in [5, 5.41) is 4.21. The molecule has 1 amide bonds. The molecule has 0 spiro atoms.